The molecule has 0 unspecified atom stereocenters. The lowest BCUT2D eigenvalue weighted by molar-refractivity contribution is 0.411. The normalized spacial score (nSPS) is 11.8. The number of benzene rings is 2. The number of anilines is 1. The van der Waals surface area contributed by atoms with Crippen molar-refractivity contribution in [2.24, 2.45) is 0 Å². The van der Waals surface area contributed by atoms with E-state index in [2.05, 4.69) is 14.9 Å². The van der Waals surface area contributed by atoms with E-state index in [1.807, 2.05) is 18.2 Å². The molecule has 0 radical (unpaired) electrons. The van der Waals surface area contributed by atoms with E-state index < -0.39 is 10.0 Å². The highest BCUT2D eigenvalue weighted by Gasteiger charge is 2.09. The minimum Gasteiger partial charge on any atom is -0.334 e. The minimum absolute atomic E-state index is 0.0146. The maximum absolute atomic E-state index is 11.6. The van der Waals surface area contributed by atoms with Gasteiger partial charge in [-0.3, -0.25) is 4.72 Å². The van der Waals surface area contributed by atoms with Gasteiger partial charge in [-0.05, 0) is 48.9 Å². The van der Waals surface area contributed by atoms with Crippen LogP contribution in [0.5, 0.6) is 0 Å². The lowest BCUT2D eigenvalue weighted by Gasteiger charge is -2.05. The van der Waals surface area contributed by atoms with Gasteiger partial charge in [0.1, 0.15) is 0 Å². The molecule has 0 saturated heterocycles. The number of aromatic nitrogens is 2. The van der Waals surface area contributed by atoms with Crippen molar-refractivity contribution in [3.05, 3.63) is 65.0 Å². The highest BCUT2D eigenvalue weighted by molar-refractivity contribution is 7.92. The Labute approximate surface area is 156 Å². The molecule has 8 heteroatoms. The molecule has 6 nitrogen and oxygen atoms in total. The third-order valence-electron chi connectivity index (χ3n) is 3.55. The molecule has 0 aliphatic heterocycles. The summed E-state index contributed by atoms with van der Waals surface area (Å²) in [5.41, 5.74) is 2.05. The van der Waals surface area contributed by atoms with Gasteiger partial charge in [0.25, 0.3) is 5.89 Å². The van der Waals surface area contributed by atoms with E-state index in [9.17, 15) is 8.42 Å². The Hall–Kier alpha value is -2.64. The molecule has 1 heterocycles. The van der Waals surface area contributed by atoms with Gasteiger partial charge in [0.15, 0.2) is 0 Å². The fourth-order valence-corrected chi connectivity index (χ4v) is 2.97. The molecule has 3 rings (SSSR count). The maximum atomic E-state index is 11.6. The summed E-state index contributed by atoms with van der Waals surface area (Å²) in [6.07, 6.45) is 3.48. The SMILES string of the molecule is CCS(=O)(=O)Nc1ccc(-c2noc(/C=C/c3ccccc3Cl)n2)cc1. The first-order valence-electron chi connectivity index (χ1n) is 7.84. The zero-order valence-corrected chi connectivity index (χ0v) is 15.5. The van der Waals surface area contributed by atoms with Crippen LogP contribution >= 0.6 is 11.6 Å². The minimum atomic E-state index is -3.30. The summed E-state index contributed by atoms with van der Waals surface area (Å²) < 4.78 is 30.8. The lowest BCUT2D eigenvalue weighted by Crippen LogP contribution is -2.14. The molecule has 0 atom stereocenters. The molecule has 0 fully saturated rings. The van der Waals surface area contributed by atoms with E-state index in [0.717, 1.165) is 5.56 Å². The van der Waals surface area contributed by atoms with Gasteiger partial charge in [-0.15, -0.1) is 0 Å². The van der Waals surface area contributed by atoms with Gasteiger partial charge in [-0.2, -0.15) is 4.98 Å². The topological polar surface area (TPSA) is 85.1 Å². The number of nitrogens with zero attached hydrogens (tertiary/aromatic N) is 2. The average molecular weight is 390 g/mol. The van der Waals surface area contributed by atoms with Gasteiger partial charge in [-0.1, -0.05) is 35.0 Å². The molecule has 26 heavy (non-hydrogen) atoms. The molecule has 3 aromatic rings. The molecule has 134 valence electrons. The predicted molar refractivity (Wildman–Crippen MR) is 103 cm³/mol. The standard InChI is InChI=1S/C18H16ClN3O3S/c1-2-26(23,24)22-15-10-7-14(8-11-15)18-20-17(25-21-18)12-9-13-5-3-4-6-16(13)19/h3-12,22H,2H2,1H3/b12-9+. The fourth-order valence-electron chi connectivity index (χ4n) is 2.13. The molecule has 0 bridgehead atoms. The van der Waals surface area contributed by atoms with Gasteiger partial charge >= 0.3 is 0 Å². The van der Waals surface area contributed by atoms with Crippen LogP contribution in [0.2, 0.25) is 5.02 Å². The van der Waals surface area contributed by atoms with E-state index >= 15 is 0 Å². The Kier molecular flexibility index (Phi) is 5.39. The Morgan fingerprint density at radius 3 is 2.54 bits per heavy atom. The van der Waals surface area contributed by atoms with Crippen molar-refractivity contribution < 1.29 is 12.9 Å². The van der Waals surface area contributed by atoms with Gasteiger partial charge in [0.05, 0.1) is 5.75 Å². The van der Waals surface area contributed by atoms with Crippen molar-refractivity contribution in [1.82, 2.24) is 10.1 Å². The first-order valence-corrected chi connectivity index (χ1v) is 9.87. The summed E-state index contributed by atoms with van der Waals surface area (Å²) in [7, 11) is -3.30. The first-order chi connectivity index (χ1) is 12.5. The zero-order chi connectivity index (χ0) is 18.6. The van der Waals surface area contributed by atoms with E-state index in [0.29, 0.717) is 28.0 Å². The summed E-state index contributed by atoms with van der Waals surface area (Å²) in [5.74, 6) is 0.769. The second-order valence-corrected chi connectivity index (χ2v) is 7.81. The van der Waals surface area contributed by atoms with Crippen molar-refractivity contribution in [2.75, 3.05) is 10.5 Å². The van der Waals surface area contributed by atoms with Crippen LogP contribution < -0.4 is 4.72 Å². The Bertz CT molecular complexity index is 1030. The Morgan fingerprint density at radius 1 is 1.12 bits per heavy atom. The molecule has 0 aliphatic carbocycles. The third kappa shape index (κ3) is 4.50. The molecular weight excluding hydrogens is 374 g/mol. The van der Waals surface area contributed by atoms with Crippen molar-refractivity contribution >= 4 is 39.5 Å². The van der Waals surface area contributed by atoms with Crippen LogP contribution in [-0.4, -0.2) is 24.3 Å². The van der Waals surface area contributed by atoms with Gasteiger partial charge < -0.3 is 4.52 Å². The summed E-state index contributed by atoms with van der Waals surface area (Å²) in [4.78, 5) is 4.30. The first kappa shape index (κ1) is 18.2. The molecule has 0 saturated carbocycles. The van der Waals surface area contributed by atoms with Gasteiger partial charge in [0, 0.05) is 22.3 Å². The molecule has 0 aliphatic rings. The number of sulfonamides is 1. The van der Waals surface area contributed by atoms with Crippen LogP contribution in [0.1, 0.15) is 18.4 Å². The van der Waals surface area contributed by atoms with Crippen LogP contribution in [0, 0.1) is 0 Å². The maximum Gasteiger partial charge on any atom is 0.250 e. The zero-order valence-electron chi connectivity index (χ0n) is 13.9. The van der Waals surface area contributed by atoms with Crippen molar-refractivity contribution in [1.29, 1.82) is 0 Å². The van der Waals surface area contributed by atoms with E-state index in [1.54, 1.807) is 49.4 Å². The van der Waals surface area contributed by atoms with Crippen molar-refractivity contribution in [2.45, 2.75) is 6.92 Å². The smallest absolute Gasteiger partial charge is 0.250 e. The van der Waals surface area contributed by atoms with Crippen LogP contribution in [0.3, 0.4) is 0 Å². The molecule has 1 aromatic heterocycles. The molecule has 0 spiro atoms. The average Bonchev–Trinajstić information content (AvgIpc) is 3.10. The highest BCUT2D eigenvalue weighted by atomic mass is 35.5. The van der Waals surface area contributed by atoms with Crippen LogP contribution in [-0.2, 0) is 10.0 Å². The number of hydrogen-bond donors (Lipinski definition) is 1. The van der Waals surface area contributed by atoms with Gasteiger partial charge in [-0.25, -0.2) is 8.42 Å². The lowest BCUT2D eigenvalue weighted by atomic mass is 10.2. The van der Waals surface area contributed by atoms with Crippen molar-refractivity contribution in [3.8, 4) is 11.4 Å². The third-order valence-corrected chi connectivity index (χ3v) is 5.20. The van der Waals surface area contributed by atoms with E-state index in [-0.39, 0.29) is 5.75 Å². The Balaban J connectivity index is 1.74. The summed E-state index contributed by atoms with van der Waals surface area (Å²) in [5, 5.41) is 4.57. The molecule has 1 N–H and O–H groups in total. The molecule has 2 aromatic carbocycles. The van der Waals surface area contributed by atoms with Crippen LogP contribution in [0.15, 0.2) is 53.1 Å². The summed E-state index contributed by atoms with van der Waals surface area (Å²) >= 11 is 6.10. The predicted octanol–water partition coefficient (Wildman–Crippen LogP) is 4.32. The molecule has 0 amide bonds. The Morgan fingerprint density at radius 2 is 1.85 bits per heavy atom. The van der Waals surface area contributed by atoms with Gasteiger partial charge in [0.2, 0.25) is 15.8 Å². The monoisotopic (exact) mass is 389 g/mol. The van der Waals surface area contributed by atoms with Crippen LogP contribution in [0.4, 0.5) is 5.69 Å². The van der Waals surface area contributed by atoms with Crippen molar-refractivity contribution in [3.63, 3.8) is 0 Å². The number of nitrogens with one attached hydrogen (secondary N) is 1. The summed E-state index contributed by atoms with van der Waals surface area (Å²) in [6, 6.07) is 14.2. The second kappa shape index (κ2) is 7.72. The van der Waals surface area contributed by atoms with E-state index in [4.69, 9.17) is 16.1 Å². The number of halogens is 1. The second-order valence-electron chi connectivity index (χ2n) is 5.39. The quantitative estimate of drug-likeness (QED) is 0.678. The van der Waals surface area contributed by atoms with Crippen LogP contribution in [0.25, 0.3) is 23.5 Å². The fraction of sp³-hybridized carbons (Fsp3) is 0.111. The number of rotatable bonds is 6. The van der Waals surface area contributed by atoms with E-state index in [1.165, 1.54) is 0 Å². The largest absolute Gasteiger partial charge is 0.334 e. The molecular formula is C18H16ClN3O3S. The number of hydrogen-bond acceptors (Lipinski definition) is 5. The highest BCUT2D eigenvalue weighted by Crippen LogP contribution is 2.21. The summed E-state index contributed by atoms with van der Waals surface area (Å²) in [6.45, 7) is 1.58.